The summed E-state index contributed by atoms with van der Waals surface area (Å²) in [5.74, 6) is 0.766. The molecule has 0 bridgehead atoms. The highest BCUT2D eigenvalue weighted by molar-refractivity contribution is 7.18. The van der Waals surface area contributed by atoms with Crippen molar-refractivity contribution in [3.05, 3.63) is 65.2 Å². The molecule has 1 saturated heterocycles. The van der Waals surface area contributed by atoms with E-state index < -0.39 is 0 Å². The number of nitrogens with one attached hydrogen (secondary N) is 1. The van der Waals surface area contributed by atoms with Crippen molar-refractivity contribution in [1.82, 2.24) is 9.88 Å². The fourth-order valence-corrected chi connectivity index (χ4v) is 5.16. The van der Waals surface area contributed by atoms with Gasteiger partial charge in [0, 0.05) is 25.8 Å². The van der Waals surface area contributed by atoms with Crippen molar-refractivity contribution in [3.8, 4) is 0 Å². The number of nitrogens with zero attached hydrogens (tertiary/aromatic N) is 2. The van der Waals surface area contributed by atoms with Gasteiger partial charge in [0.05, 0.1) is 34.4 Å². The zero-order valence-electron chi connectivity index (χ0n) is 16.6. The number of likely N-dealkylation sites (tertiary alicyclic amines) is 1. The Hall–Kier alpha value is -2.24. The van der Waals surface area contributed by atoms with Crippen molar-refractivity contribution in [3.63, 3.8) is 0 Å². The molecular weight excluding hydrogens is 366 g/mol. The third kappa shape index (κ3) is 4.10. The van der Waals surface area contributed by atoms with Crippen molar-refractivity contribution in [1.29, 1.82) is 0 Å². The van der Waals surface area contributed by atoms with Crippen LogP contribution in [0.25, 0.3) is 10.2 Å². The predicted molar refractivity (Wildman–Crippen MR) is 115 cm³/mol. The Kier molecular flexibility index (Phi) is 5.74. The van der Waals surface area contributed by atoms with Crippen LogP contribution in [0.3, 0.4) is 0 Å². The molecule has 1 aliphatic heterocycles. The van der Waals surface area contributed by atoms with E-state index in [2.05, 4.69) is 43.3 Å². The fourth-order valence-electron chi connectivity index (χ4n) is 4.02. The Morgan fingerprint density at radius 1 is 1.14 bits per heavy atom. The van der Waals surface area contributed by atoms with E-state index in [0.29, 0.717) is 12.5 Å². The van der Waals surface area contributed by atoms with Crippen LogP contribution in [0.5, 0.6) is 0 Å². The molecule has 146 valence electrons. The van der Waals surface area contributed by atoms with Gasteiger partial charge in [0.2, 0.25) is 0 Å². The summed E-state index contributed by atoms with van der Waals surface area (Å²) in [5, 5.41) is 1.27. The van der Waals surface area contributed by atoms with Crippen LogP contribution in [0.15, 0.2) is 54.6 Å². The molecule has 3 aromatic rings. The molecule has 0 radical (unpaired) electrons. The van der Waals surface area contributed by atoms with Gasteiger partial charge in [-0.25, -0.2) is 4.98 Å². The molecule has 1 N–H and O–H groups in total. The lowest BCUT2D eigenvalue weighted by atomic mass is 9.97. The number of carbonyl (C=O) groups is 1. The lowest BCUT2D eigenvalue weighted by molar-refractivity contribution is -0.897. The first-order chi connectivity index (χ1) is 13.6. The van der Waals surface area contributed by atoms with Crippen molar-refractivity contribution in [2.75, 3.05) is 26.7 Å². The molecule has 0 unspecified atom stereocenters. The number of amides is 1. The number of likely N-dealkylation sites (N-methyl/N-ethyl adjacent to an activating group) is 1. The number of carbonyl (C=O) groups excluding carboxylic acids is 1. The monoisotopic (exact) mass is 394 g/mol. The van der Waals surface area contributed by atoms with Crippen LogP contribution in [0.2, 0.25) is 0 Å². The second-order valence-electron chi connectivity index (χ2n) is 7.81. The Morgan fingerprint density at radius 3 is 2.54 bits per heavy atom. The SMILES string of the molecule is C[C@@H](c1ccccc1)N(C)C(=O)C[NH+]1CCC(c2nc3ccccc3s2)CC1. The van der Waals surface area contributed by atoms with Gasteiger partial charge in [-0.15, -0.1) is 11.3 Å². The van der Waals surface area contributed by atoms with Gasteiger partial charge < -0.3 is 9.80 Å². The van der Waals surface area contributed by atoms with Crippen LogP contribution in [-0.4, -0.2) is 42.5 Å². The van der Waals surface area contributed by atoms with E-state index >= 15 is 0 Å². The minimum absolute atomic E-state index is 0.105. The van der Waals surface area contributed by atoms with Crippen LogP contribution < -0.4 is 4.90 Å². The normalized spacial score (nSPS) is 20.8. The molecule has 28 heavy (non-hydrogen) atoms. The number of hydrogen-bond acceptors (Lipinski definition) is 3. The number of rotatable bonds is 5. The number of para-hydroxylation sites is 1. The largest absolute Gasteiger partial charge is 0.334 e. The van der Waals surface area contributed by atoms with Crippen molar-refractivity contribution < 1.29 is 9.69 Å². The van der Waals surface area contributed by atoms with Crippen LogP contribution in [0.4, 0.5) is 0 Å². The minimum Gasteiger partial charge on any atom is -0.334 e. The Balaban J connectivity index is 1.32. The average molecular weight is 395 g/mol. The zero-order chi connectivity index (χ0) is 19.5. The summed E-state index contributed by atoms with van der Waals surface area (Å²) < 4.78 is 1.28. The molecular formula is C23H28N3OS+. The number of fused-ring (bicyclic) bond motifs is 1. The van der Waals surface area contributed by atoms with E-state index in [1.54, 1.807) is 0 Å². The number of benzene rings is 2. The maximum Gasteiger partial charge on any atom is 0.278 e. The van der Waals surface area contributed by atoms with E-state index in [4.69, 9.17) is 4.98 Å². The molecule has 5 heteroatoms. The summed E-state index contributed by atoms with van der Waals surface area (Å²) in [6.07, 6.45) is 2.22. The van der Waals surface area contributed by atoms with E-state index in [1.165, 1.54) is 20.2 Å². The first-order valence-electron chi connectivity index (χ1n) is 10.1. The number of hydrogen-bond donors (Lipinski definition) is 1. The quantitative estimate of drug-likeness (QED) is 0.721. The van der Waals surface area contributed by atoms with E-state index in [-0.39, 0.29) is 11.9 Å². The van der Waals surface area contributed by atoms with E-state index in [1.807, 2.05) is 41.5 Å². The van der Waals surface area contributed by atoms with Gasteiger partial charge in [-0.3, -0.25) is 4.79 Å². The highest BCUT2D eigenvalue weighted by Gasteiger charge is 2.28. The molecule has 1 atom stereocenters. The molecule has 1 fully saturated rings. The number of piperidine rings is 1. The summed E-state index contributed by atoms with van der Waals surface area (Å²) in [6.45, 7) is 4.77. The second-order valence-corrected chi connectivity index (χ2v) is 8.87. The van der Waals surface area contributed by atoms with Gasteiger partial charge in [-0.2, -0.15) is 0 Å². The maximum atomic E-state index is 12.8. The van der Waals surface area contributed by atoms with Gasteiger partial charge in [-0.1, -0.05) is 42.5 Å². The fraction of sp³-hybridized carbons (Fsp3) is 0.391. The van der Waals surface area contributed by atoms with Crippen molar-refractivity contribution in [2.24, 2.45) is 0 Å². The lowest BCUT2D eigenvalue weighted by Gasteiger charge is -2.31. The highest BCUT2D eigenvalue weighted by atomic mass is 32.1. The van der Waals surface area contributed by atoms with Gasteiger partial charge in [0.1, 0.15) is 0 Å². The number of aromatic nitrogens is 1. The summed E-state index contributed by atoms with van der Waals surface area (Å²) in [6, 6.07) is 18.7. The van der Waals surface area contributed by atoms with Gasteiger partial charge in [-0.05, 0) is 24.6 Å². The molecule has 0 saturated carbocycles. The summed E-state index contributed by atoms with van der Waals surface area (Å²) in [7, 11) is 1.92. The van der Waals surface area contributed by atoms with Crippen molar-refractivity contribution >= 4 is 27.5 Å². The summed E-state index contributed by atoms with van der Waals surface area (Å²) in [4.78, 5) is 20.9. The third-order valence-electron chi connectivity index (χ3n) is 6.01. The van der Waals surface area contributed by atoms with Crippen LogP contribution in [0.1, 0.15) is 42.3 Å². The number of thiazole rings is 1. The predicted octanol–water partition coefficient (Wildman–Crippen LogP) is 3.28. The summed E-state index contributed by atoms with van der Waals surface area (Å²) >= 11 is 1.83. The van der Waals surface area contributed by atoms with Crippen LogP contribution in [0, 0.1) is 0 Å². The van der Waals surface area contributed by atoms with Gasteiger partial charge in [0.15, 0.2) is 6.54 Å². The minimum atomic E-state index is 0.105. The standard InChI is InChI=1S/C23H27N3OS/c1-17(18-8-4-3-5-9-18)25(2)22(27)16-26-14-12-19(13-15-26)23-24-20-10-6-7-11-21(20)28-23/h3-11,17,19H,12-16H2,1-2H3/p+1/t17-/m0/s1. The lowest BCUT2D eigenvalue weighted by Crippen LogP contribution is -3.14. The molecule has 4 nitrogen and oxygen atoms in total. The topological polar surface area (TPSA) is 37.6 Å². The maximum absolute atomic E-state index is 12.8. The molecule has 1 amide bonds. The Morgan fingerprint density at radius 2 is 1.82 bits per heavy atom. The zero-order valence-corrected chi connectivity index (χ0v) is 17.4. The van der Waals surface area contributed by atoms with Gasteiger partial charge in [0.25, 0.3) is 5.91 Å². The number of quaternary nitrogens is 1. The molecule has 4 rings (SSSR count). The van der Waals surface area contributed by atoms with Crippen molar-refractivity contribution in [2.45, 2.75) is 31.7 Å². The van der Waals surface area contributed by atoms with E-state index in [9.17, 15) is 4.79 Å². The molecule has 2 heterocycles. The third-order valence-corrected chi connectivity index (χ3v) is 7.21. The molecule has 0 aliphatic carbocycles. The van der Waals surface area contributed by atoms with Crippen LogP contribution >= 0.6 is 11.3 Å². The first-order valence-corrected chi connectivity index (χ1v) is 10.9. The second kappa shape index (κ2) is 8.41. The molecule has 1 aliphatic rings. The first kappa shape index (κ1) is 19.1. The van der Waals surface area contributed by atoms with Crippen LogP contribution in [-0.2, 0) is 4.79 Å². The van der Waals surface area contributed by atoms with E-state index in [0.717, 1.165) is 31.4 Å². The smallest absolute Gasteiger partial charge is 0.278 e. The highest BCUT2D eigenvalue weighted by Crippen LogP contribution is 2.31. The molecule has 2 aromatic carbocycles. The van der Waals surface area contributed by atoms with Gasteiger partial charge >= 0.3 is 0 Å². The molecule has 1 aromatic heterocycles. The average Bonchev–Trinajstić information content (AvgIpc) is 3.18. The Bertz CT molecular complexity index is 898. The Labute approximate surface area is 170 Å². The summed E-state index contributed by atoms with van der Waals surface area (Å²) in [5.41, 5.74) is 2.30. The molecule has 0 spiro atoms.